The first-order valence-electron chi connectivity index (χ1n) is 5.08. The maximum Gasteiger partial charge on any atom is 0.308 e. The summed E-state index contributed by atoms with van der Waals surface area (Å²) < 4.78 is 9.92. The highest BCUT2D eigenvalue weighted by atomic mass is 32.2. The number of esters is 2. The van der Waals surface area contributed by atoms with Crippen molar-refractivity contribution in [3.63, 3.8) is 0 Å². The van der Waals surface area contributed by atoms with Crippen LogP contribution >= 0.6 is 11.8 Å². The normalized spacial score (nSPS) is 9.72. The molecule has 1 rings (SSSR count). The van der Waals surface area contributed by atoms with Crippen LogP contribution in [0, 0.1) is 0 Å². The van der Waals surface area contributed by atoms with Gasteiger partial charge in [0, 0.05) is 20.8 Å². The molecule has 0 saturated carbocycles. The standard InChI is InChI=1S/C12H12O5S/c1-7(13)16-10-5-4-6-11(18-9(3)15)12(10)17-8(2)14/h4-6H,1-3H3. The molecule has 0 heterocycles. The Bertz CT molecular complexity index is 461. The molecule has 0 aromatic heterocycles. The molecule has 18 heavy (non-hydrogen) atoms. The van der Waals surface area contributed by atoms with E-state index in [0.717, 1.165) is 11.8 Å². The van der Waals surface area contributed by atoms with Crippen LogP contribution in [0.5, 0.6) is 11.5 Å². The van der Waals surface area contributed by atoms with Gasteiger partial charge in [-0.1, -0.05) is 6.07 Å². The predicted octanol–water partition coefficient (Wildman–Crippen LogP) is 2.18. The van der Waals surface area contributed by atoms with Gasteiger partial charge in [-0.3, -0.25) is 14.4 Å². The van der Waals surface area contributed by atoms with Crippen LogP contribution in [0.15, 0.2) is 23.1 Å². The van der Waals surface area contributed by atoms with Gasteiger partial charge < -0.3 is 9.47 Å². The molecule has 0 aliphatic heterocycles. The van der Waals surface area contributed by atoms with Crippen LogP contribution in [0.25, 0.3) is 0 Å². The Morgan fingerprint density at radius 2 is 1.61 bits per heavy atom. The monoisotopic (exact) mass is 268 g/mol. The highest BCUT2D eigenvalue weighted by molar-refractivity contribution is 8.13. The molecule has 0 N–H and O–H groups in total. The van der Waals surface area contributed by atoms with Crippen LogP contribution in [0.2, 0.25) is 0 Å². The van der Waals surface area contributed by atoms with Crippen molar-refractivity contribution in [1.82, 2.24) is 0 Å². The number of thioether (sulfide) groups is 1. The molecule has 0 unspecified atom stereocenters. The molecule has 1 aromatic rings. The molecule has 0 atom stereocenters. The van der Waals surface area contributed by atoms with Crippen molar-refractivity contribution < 1.29 is 23.9 Å². The van der Waals surface area contributed by atoms with Crippen LogP contribution < -0.4 is 9.47 Å². The number of rotatable bonds is 3. The third-order valence-electron chi connectivity index (χ3n) is 1.70. The summed E-state index contributed by atoms with van der Waals surface area (Å²) in [6.45, 7) is 3.86. The molecule has 0 aliphatic rings. The molecule has 0 aliphatic carbocycles. The van der Waals surface area contributed by atoms with E-state index in [2.05, 4.69) is 0 Å². The van der Waals surface area contributed by atoms with Gasteiger partial charge in [-0.05, 0) is 23.9 Å². The lowest BCUT2D eigenvalue weighted by atomic mass is 10.3. The summed E-state index contributed by atoms with van der Waals surface area (Å²) >= 11 is 0.901. The molecular weight excluding hydrogens is 256 g/mol. The average molecular weight is 268 g/mol. The zero-order valence-electron chi connectivity index (χ0n) is 10.2. The van der Waals surface area contributed by atoms with E-state index in [1.807, 2.05) is 0 Å². The zero-order chi connectivity index (χ0) is 13.7. The van der Waals surface area contributed by atoms with Crippen LogP contribution in [0.3, 0.4) is 0 Å². The van der Waals surface area contributed by atoms with Gasteiger partial charge in [-0.2, -0.15) is 0 Å². The molecule has 0 amide bonds. The lowest BCUT2D eigenvalue weighted by Crippen LogP contribution is -2.08. The van der Waals surface area contributed by atoms with Crippen molar-refractivity contribution in [1.29, 1.82) is 0 Å². The fourth-order valence-electron chi connectivity index (χ4n) is 1.21. The second-order valence-electron chi connectivity index (χ2n) is 3.36. The average Bonchev–Trinajstić information content (AvgIpc) is 2.20. The predicted molar refractivity (Wildman–Crippen MR) is 65.6 cm³/mol. The van der Waals surface area contributed by atoms with E-state index in [4.69, 9.17) is 9.47 Å². The van der Waals surface area contributed by atoms with Crippen molar-refractivity contribution in [3.8, 4) is 11.5 Å². The molecule has 1 aromatic carbocycles. The summed E-state index contributed by atoms with van der Waals surface area (Å²) in [6.07, 6.45) is 0. The Labute approximate surface area is 108 Å². The SMILES string of the molecule is CC(=O)Oc1cccc(SC(C)=O)c1OC(C)=O. The van der Waals surface area contributed by atoms with E-state index in [1.165, 1.54) is 26.8 Å². The van der Waals surface area contributed by atoms with E-state index in [1.54, 1.807) is 12.1 Å². The van der Waals surface area contributed by atoms with Gasteiger partial charge in [0.05, 0.1) is 4.90 Å². The van der Waals surface area contributed by atoms with Crippen molar-refractivity contribution in [2.75, 3.05) is 0 Å². The summed E-state index contributed by atoms with van der Waals surface area (Å²) in [6, 6.07) is 4.71. The van der Waals surface area contributed by atoms with Crippen molar-refractivity contribution >= 4 is 28.8 Å². The maximum absolute atomic E-state index is 11.1. The van der Waals surface area contributed by atoms with E-state index < -0.39 is 11.9 Å². The van der Waals surface area contributed by atoms with E-state index >= 15 is 0 Å². The number of ether oxygens (including phenoxy) is 2. The lowest BCUT2D eigenvalue weighted by molar-refractivity contribution is -0.134. The van der Waals surface area contributed by atoms with Gasteiger partial charge in [-0.15, -0.1) is 0 Å². The fraction of sp³-hybridized carbons (Fsp3) is 0.250. The number of benzene rings is 1. The summed E-state index contributed by atoms with van der Waals surface area (Å²) in [5.74, 6) is -0.891. The zero-order valence-corrected chi connectivity index (χ0v) is 11.0. The molecule has 0 saturated heterocycles. The number of carbonyl (C=O) groups is 3. The van der Waals surface area contributed by atoms with Crippen molar-refractivity contribution in [2.45, 2.75) is 25.7 Å². The Hall–Kier alpha value is -1.82. The molecule has 5 nitrogen and oxygen atoms in total. The first-order valence-corrected chi connectivity index (χ1v) is 5.90. The van der Waals surface area contributed by atoms with Crippen molar-refractivity contribution in [2.24, 2.45) is 0 Å². The van der Waals surface area contributed by atoms with Gasteiger partial charge >= 0.3 is 11.9 Å². The largest absolute Gasteiger partial charge is 0.423 e. The second-order valence-corrected chi connectivity index (χ2v) is 4.58. The van der Waals surface area contributed by atoms with Gasteiger partial charge in [0.1, 0.15) is 0 Å². The van der Waals surface area contributed by atoms with Crippen LogP contribution in [0.1, 0.15) is 20.8 Å². The third-order valence-corrected chi connectivity index (χ3v) is 2.52. The first kappa shape index (κ1) is 14.2. The Morgan fingerprint density at radius 1 is 1.00 bits per heavy atom. The number of carbonyl (C=O) groups excluding carboxylic acids is 3. The highest BCUT2D eigenvalue weighted by Crippen LogP contribution is 2.38. The van der Waals surface area contributed by atoms with Gasteiger partial charge in [0.25, 0.3) is 0 Å². The summed E-state index contributed by atoms with van der Waals surface area (Å²) in [5.41, 5.74) is 0. The molecule has 0 fully saturated rings. The summed E-state index contributed by atoms with van der Waals surface area (Å²) in [4.78, 5) is 33.5. The van der Waals surface area contributed by atoms with Crippen LogP contribution in [0.4, 0.5) is 0 Å². The number of hydrogen-bond acceptors (Lipinski definition) is 6. The smallest absolute Gasteiger partial charge is 0.308 e. The molecule has 0 radical (unpaired) electrons. The second kappa shape index (κ2) is 6.20. The number of hydrogen-bond donors (Lipinski definition) is 0. The van der Waals surface area contributed by atoms with E-state index in [9.17, 15) is 14.4 Å². The van der Waals surface area contributed by atoms with Crippen LogP contribution in [-0.4, -0.2) is 17.1 Å². The highest BCUT2D eigenvalue weighted by Gasteiger charge is 2.16. The molecular formula is C12H12O5S. The number of para-hydroxylation sites is 1. The molecule has 6 heteroatoms. The van der Waals surface area contributed by atoms with E-state index in [0.29, 0.717) is 4.90 Å². The minimum atomic E-state index is -0.556. The quantitative estimate of drug-likeness (QED) is 0.475. The Balaban J connectivity index is 3.19. The van der Waals surface area contributed by atoms with Gasteiger partial charge in [-0.25, -0.2) is 0 Å². The van der Waals surface area contributed by atoms with Crippen molar-refractivity contribution in [3.05, 3.63) is 18.2 Å². The Kier molecular flexibility index (Phi) is 4.91. The van der Waals surface area contributed by atoms with Crippen LogP contribution in [-0.2, 0) is 14.4 Å². The minimum absolute atomic E-state index is 0.0837. The van der Waals surface area contributed by atoms with E-state index in [-0.39, 0.29) is 16.6 Å². The lowest BCUT2D eigenvalue weighted by Gasteiger charge is -2.11. The topological polar surface area (TPSA) is 69.7 Å². The Morgan fingerprint density at radius 3 is 2.11 bits per heavy atom. The van der Waals surface area contributed by atoms with Gasteiger partial charge in [0.15, 0.2) is 16.6 Å². The third kappa shape index (κ3) is 4.21. The molecule has 96 valence electrons. The maximum atomic E-state index is 11.1. The van der Waals surface area contributed by atoms with Gasteiger partial charge in [0.2, 0.25) is 0 Å². The fourth-order valence-corrected chi connectivity index (χ4v) is 1.90. The molecule has 0 bridgehead atoms. The minimum Gasteiger partial charge on any atom is -0.423 e. The summed E-state index contributed by atoms with van der Waals surface area (Å²) in [5, 5.41) is -0.164. The first-order chi connectivity index (χ1) is 8.40. The molecule has 0 spiro atoms. The summed E-state index contributed by atoms with van der Waals surface area (Å²) in [7, 11) is 0.